The molecule has 2 aromatic carbocycles. The van der Waals surface area contributed by atoms with E-state index in [0.717, 1.165) is 53.9 Å². The zero-order chi connectivity index (χ0) is 25.4. The molecule has 0 aliphatic carbocycles. The van der Waals surface area contributed by atoms with Crippen molar-refractivity contribution in [1.82, 2.24) is 20.2 Å². The number of benzene rings is 2. The molecular formula is C27H25Cl2N5O2S. The van der Waals surface area contributed by atoms with Crippen molar-refractivity contribution in [3.8, 4) is 0 Å². The number of anilines is 1. The molecule has 4 heterocycles. The number of aromatic nitrogens is 2. The van der Waals surface area contributed by atoms with Gasteiger partial charge in [0.25, 0.3) is 0 Å². The van der Waals surface area contributed by atoms with Gasteiger partial charge in [-0.2, -0.15) is 0 Å². The van der Waals surface area contributed by atoms with E-state index in [1.54, 1.807) is 17.5 Å². The van der Waals surface area contributed by atoms with Crippen molar-refractivity contribution in [2.45, 2.75) is 24.8 Å². The van der Waals surface area contributed by atoms with E-state index in [1.165, 1.54) is 12.0 Å². The Hall–Kier alpha value is -2.91. The van der Waals surface area contributed by atoms with Crippen LogP contribution in [0.3, 0.4) is 0 Å². The van der Waals surface area contributed by atoms with Crippen LogP contribution in [0.4, 0.5) is 10.5 Å². The number of oxazole rings is 1. The number of carbonyl (C=O) groups is 1. The number of halogens is 2. The highest BCUT2D eigenvalue weighted by Gasteiger charge is 2.47. The maximum Gasteiger partial charge on any atom is 0.322 e. The third-order valence-corrected chi connectivity index (χ3v) is 8.87. The molecule has 1 saturated heterocycles. The first-order valence-electron chi connectivity index (χ1n) is 12.2. The number of carbonyl (C=O) groups excluding carboxylic acids is 1. The zero-order valence-electron chi connectivity index (χ0n) is 20.0. The smallest absolute Gasteiger partial charge is 0.322 e. The summed E-state index contributed by atoms with van der Waals surface area (Å²) in [5, 5.41) is 4.11. The summed E-state index contributed by atoms with van der Waals surface area (Å²) in [5.41, 5.74) is 6.02. The fourth-order valence-corrected chi connectivity index (χ4v) is 6.42. The van der Waals surface area contributed by atoms with Crippen LogP contribution in [0.25, 0.3) is 16.3 Å². The molecule has 7 nitrogen and oxygen atoms in total. The second-order valence-corrected chi connectivity index (χ2v) is 11.2. The highest BCUT2D eigenvalue weighted by atomic mass is 35.5. The second-order valence-electron chi connectivity index (χ2n) is 9.53. The van der Waals surface area contributed by atoms with Gasteiger partial charge in [-0.3, -0.25) is 9.80 Å². The number of thiazole rings is 1. The lowest BCUT2D eigenvalue weighted by Crippen LogP contribution is -2.47. The molecule has 0 unspecified atom stereocenters. The molecule has 1 N–H and O–H groups in total. The Labute approximate surface area is 228 Å². The third-order valence-electron chi connectivity index (χ3n) is 7.34. The molecule has 0 saturated carbocycles. The predicted octanol–water partition coefficient (Wildman–Crippen LogP) is 6.37. The molecule has 190 valence electrons. The maximum atomic E-state index is 13.3. The fourth-order valence-electron chi connectivity index (χ4n) is 5.43. The Bertz CT molecular complexity index is 1460. The number of rotatable bonds is 5. The average Bonchev–Trinajstić information content (AvgIpc) is 3.65. The van der Waals surface area contributed by atoms with Crippen LogP contribution in [-0.2, 0) is 12.0 Å². The van der Waals surface area contributed by atoms with E-state index in [0.29, 0.717) is 28.9 Å². The summed E-state index contributed by atoms with van der Waals surface area (Å²) >= 11 is 13.8. The molecule has 6 rings (SSSR count). The quantitative estimate of drug-likeness (QED) is 0.311. The Balaban J connectivity index is 1.18. The molecule has 2 aliphatic rings. The minimum atomic E-state index is -0.129. The van der Waals surface area contributed by atoms with Gasteiger partial charge < -0.3 is 9.73 Å². The van der Waals surface area contributed by atoms with Crippen LogP contribution in [0.2, 0.25) is 10.0 Å². The molecule has 0 bridgehead atoms. The van der Waals surface area contributed by atoms with Gasteiger partial charge in [0, 0.05) is 24.1 Å². The topological polar surface area (TPSA) is 74.5 Å². The van der Waals surface area contributed by atoms with E-state index in [-0.39, 0.29) is 11.4 Å². The number of hydrogen-bond donors (Lipinski definition) is 1. The lowest BCUT2D eigenvalue weighted by Gasteiger charge is -2.39. The van der Waals surface area contributed by atoms with Gasteiger partial charge in [0.15, 0.2) is 6.39 Å². The minimum absolute atomic E-state index is 0.115. The van der Waals surface area contributed by atoms with E-state index in [2.05, 4.69) is 39.5 Å². The minimum Gasteiger partial charge on any atom is -0.447 e. The lowest BCUT2D eigenvalue weighted by atomic mass is 9.74. The monoisotopic (exact) mass is 553 g/mol. The van der Waals surface area contributed by atoms with Crippen LogP contribution in [0.5, 0.6) is 0 Å². The van der Waals surface area contributed by atoms with Crippen molar-refractivity contribution in [3.63, 3.8) is 0 Å². The van der Waals surface area contributed by atoms with Crippen LogP contribution in [-0.4, -0.2) is 47.1 Å². The Kier molecular flexibility index (Phi) is 6.67. The number of urea groups is 1. The number of hydrogen-bond acceptors (Lipinski definition) is 6. The van der Waals surface area contributed by atoms with E-state index in [9.17, 15) is 4.79 Å². The van der Waals surface area contributed by atoms with E-state index < -0.39 is 0 Å². The first-order chi connectivity index (χ1) is 18.0. The molecule has 0 atom stereocenters. The molecule has 10 heteroatoms. The van der Waals surface area contributed by atoms with Gasteiger partial charge in [-0.1, -0.05) is 41.4 Å². The largest absolute Gasteiger partial charge is 0.447 e. The highest BCUT2D eigenvalue weighted by Crippen LogP contribution is 2.50. The number of amides is 2. The summed E-state index contributed by atoms with van der Waals surface area (Å²) in [7, 11) is 0. The Morgan fingerprint density at radius 1 is 1.19 bits per heavy atom. The molecule has 2 aliphatic heterocycles. The van der Waals surface area contributed by atoms with Gasteiger partial charge in [-0.05, 0) is 55.8 Å². The van der Waals surface area contributed by atoms with E-state index in [1.807, 2.05) is 28.6 Å². The molecule has 0 radical (unpaired) electrons. The summed E-state index contributed by atoms with van der Waals surface area (Å²) in [5.74, 6) is 0.625. The molecule has 2 aromatic heterocycles. The van der Waals surface area contributed by atoms with Crippen molar-refractivity contribution in [2.24, 2.45) is 0 Å². The summed E-state index contributed by atoms with van der Waals surface area (Å²) in [6.07, 6.45) is 9.16. The number of piperidine rings is 1. The van der Waals surface area contributed by atoms with E-state index >= 15 is 0 Å². The van der Waals surface area contributed by atoms with Gasteiger partial charge >= 0.3 is 6.03 Å². The first kappa shape index (κ1) is 24.4. The molecule has 1 spiro atoms. The normalized spacial score (nSPS) is 17.2. The fraction of sp³-hybridized carbons (Fsp3) is 0.296. The number of fused-ring (bicyclic) bond motifs is 4. The summed E-state index contributed by atoms with van der Waals surface area (Å²) in [6.45, 7) is 3.69. The average molecular weight is 555 g/mol. The van der Waals surface area contributed by atoms with Crippen LogP contribution in [0.1, 0.15) is 29.7 Å². The highest BCUT2D eigenvalue weighted by molar-refractivity contribution is 7.16. The summed E-state index contributed by atoms with van der Waals surface area (Å²) in [6, 6.07) is 9.68. The molecular weight excluding hydrogens is 529 g/mol. The maximum absolute atomic E-state index is 13.3. The molecule has 1 fully saturated rings. The van der Waals surface area contributed by atoms with Crippen molar-refractivity contribution < 1.29 is 9.21 Å². The van der Waals surface area contributed by atoms with Gasteiger partial charge in [0.2, 0.25) is 0 Å². The van der Waals surface area contributed by atoms with Crippen molar-refractivity contribution in [2.75, 3.05) is 31.1 Å². The van der Waals surface area contributed by atoms with Gasteiger partial charge in [-0.15, -0.1) is 11.3 Å². The molecule has 4 aromatic rings. The third kappa shape index (κ3) is 4.75. The van der Waals surface area contributed by atoms with Crippen LogP contribution in [0.15, 0.2) is 58.9 Å². The predicted molar refractivity (Wildman–Crippen MR) is 149 cm³/mol. The Morgan fingerprint density at radius 3 is 2.84 bits per heavy atom. The van der Waals surface area contributed by atoms with Crippen molar-refractivity contribution >= 4 is 62.5 Å². The second kappa shape index (κ2) is 10.1. The van der Waals surface area contributed by atoms with Crippen LogP contribution in [0, 0.1) is 0 Å². The van der Waals surface area contributed by atoms with E-state index in [4.69, 9.17) is 32.6 Å². The molecule has 2 amide bonds. The number of nitrogens with zero attached hydrogens (tertiary/aromatic N) is 4. The van der Waals surface area contributed by atoms with Crippen LogP contribution < -0.4 is 10.2 Å². The number of nitrogens with one attached hydrogen (secondary N) is 1. The van der Waals surface area contributed by atoms with Gasteiger partial charge in [0.1, 0.15) is 5.76 Å². The van der Waals surface area contributed by atoms with Crippen molar-refractivity contribution in [1.29, 1.82) is 0 Å². The standard InChI is InChI=1S/C27H25Cl2N5O2S/c28-20-4-3-18(12-21(20)29)2-1-9-33-10-7-27(8-11-33)15-34(26(35)31-14-19-13-30-16-36-19)22-5-6-23-25(24(22)27)32-17-37-23/h1-6,12-13,16-17H,7-11,14-15H2,(H,31,35). The zero-order valence-corrected chi connectivity index (χ0v) is 22.3. The first-order valence-corrected chi connectivity index (χ1v) is 13.8. The Morgan fingerprint density at radius 2 is 2.05 bits per heavy atom. The van der Waals surface area contributed by atoms with Crippen LogP contribution >= 0.6 is 34.5 Å². The summed E-state index contributed by atoms with van der Waals surface area (Å²) in [4.78, 5) is 26.3. The molecule has 37 heavy (non-hydrogen) atoms. The van der Waals surface area contributed by atoms with Crippen molar-refractivity contribution in [3.05, 3.63) is 81.4 Å². The number of likely N-dealkylation sites (tertiary alicyclic amines) is 1. The lowest BCUT2D eigenvalue weighted by molar-refractivity contribution is 0.180. The summed E-state index contributed by atoms with van der Waals surface area (Å²) < 4.78 is 6.44. The van der Waals surface area contributed by atoms with Gasteiger partial charge in [0.05, 0.1) is 44.2 Å². The van der Waals surface area contributed by atoms with Gasteiger partial charge in [-0.25, -0.2) is 14.8 Å². The SMILES string of the molecule is O=C(NCc1cnco1)N1CC2(CCN(CC=Cc3ccc(Cl)c(Cl)c3)CC2)c2c1ccc1scnc21.